The second kappa shape index (κ2) is 7.40. The van der Waals surface area contributed by atoms with Gasteiger partial charge in [0.25, 0.3) is 0 Å². The van der Waals surface area contributed by atoms with E-state index >= 15 is 0 Å². The summed E-state index contributed by atoms with van der Waals surface area (Å²) >= 11 is 0. The number of esters is 1. The molecule has 0 heterocycles. The van der Waals surface area contributed by atoms with Gasteiger partial charge in [-0.1, -0.05) is 19.6 Å². The predicted molar refractivity (Wildman–Crippen MR) is 51.2 cm³/mol. The minimum absolute atomic E-state index is 0.264. The topological polar surface area (TPSA) is 35.5 Å². The highest BCUT2D eigenvalue weighted by atomic mass is 16.6. The van der Waals surface area contributed by atoms with Crippen LogP contribution in [0.1, 0.15) is 20.3 Å². The Morgan fingerprint density at radius 1 is 1.46 bits per heavy atom. The zero-order valence-electron chi connectivity index (χ0n) is 8.21. The van der Waals surface area contributed by atoms with Gasteiger partial charge in [0.1, 0.15) is 13.2 Å². The van der Waals surface area contributed by atoms with E-state index in [9.17, 15) is 4.79 Å². The van der Waals surface area contributed by atoms with Gasteiger partial charge in [0.05, 0.1) is 6.26 Å². The number of carbonyl (C=O) groups is 1. The van der Waals surface area contributed by atoms with Gasteiger partial charge in [-0.15, -0.1) is 0 Å². The van der Waals surface area contributed by atoms with E-state index in [0.717, 1.165) is 6.42 Å². The van der Waals surface area contributed by atoms with Gasteiger partial charge in [0.2, 0.25) is 0 Å². The Morgan fingerprint density at radius 2 is 2.15 bits per heavy atom. The fourth-order valence-electron chi connectivity index (χ4n) is 0.538. The third-order valence-electron chi connectivity index (χ3n) is 1.21. The number of rotatable bonds is 6. The maximum atomic E-state index is 10.8. The first-order chi connectivity index (χ1) is 6.18. The number of carbonyl (C=O) groups excluding carboxylic acids is 1. The van der Waals surface area contributed by atoms with Gasteiger partial charge in [-0.25, -0.2) is 4.79 Å². The van der Waals surface area contributed by atoms with Crippen LogP contribution in [-0.2, 0) is 14.3 Å². The van der Waals surface area contributed by atoms with Gasteiger partial charge in [-0.3, -0.25) is 0 Å². The zero-order chi connectivity index (χ0) is 10.1. The molecule has 0 N–H and O–H groups in total. The van der Waals surface area contributed by atoms with E-state index in [0.29, 0.717) is 12.2 Å². The summed E-state index contributed by atoms with van der Waals surface area (Å²) in [6.07, 6.45) is 4.43. The first-order valence-corrected chi connectivity index (χ1v) is 4.27. The Morgan fingerprint density at radius 3 is 2.69 bits per heavy atom. The van der Waals surface area contributed by atoms with E-state index in [1.165, 1.54) is 0 Å². The SMILES string of the molecule is C=C(C)C(=O)OCCOC=CCC. The summed E-state index contributed by atoms with van der Waals surface area (Å²) in [4.78, 5) is 10.8. The molecule has 0 amide bonds. The monoisotopic (exact) mass is 184 g/mol. The van der Waals surface area contributed by atoms with Crippen molar-refractivity contribution >= 4 is 5.97 Å². The van der Waals surface area contributed by atoms with E-state index in [4.69, 9.17) is 9.47 Å². The lowest BCUT2D eigenvalue weighted by Gasteiger charge is -2.03. The molecule has 0 aliphatic heterocycles. The Balaban J connectivity index is 3.31. The van der Waals surface area contributed by atoms with Crippen molar-refractivity contribution in [2.45, 2.75) is 20.3 Å². The van der Waals surface area contributed by atoms with Crippen LogP contribution in [0.15, 0.2) is 24.5 Å². The molecule has 0 aliphatic carbocycles. The molecule has 0 saturated heterocycles. The van der Waals surface area contributed by atoms with Gasteiger partial charge in [0, 0.05) is 5.57 Å². The normalized spacial score (nSPS) is 10.0. The van der Waals surface area contributed by atoms with Gasteiger partial charge in [-0.2, -0.15) is 0 Å². The Bertz CT molecular complexity index is 194. The van der Waals surface area contributed by atoms with Crippen LogP contribution in [0.4, 0.5) is 0 Å². The summed E-state index contributed by atoms with van der Waals surface area (Å²) in [5.41, 5.74) is 0.407. The molecule has 3 nitrogen and oxygen atoms in total. The molecule has 0 atom stereocenters. The third-order valence-corrected chi connectivity index (χ3v) is 1.21. The van der Waals surface area contributed by atoms with E-state index in [-0.39, 0.29) is 12.6 Å². The van der Waals surface area contributed by atoms with Crippen LogP contribution < -0.4 is 0 Å². The van der Waals surface area contributed by atoms with Crippen LogP contribution in [0.2, 0.25) is 0 Å². The lowest BCUT2D eigenvalue weighted by molar-refractivity contribution is -0.139. The molecule has 0 aromatic rings. The maximum absolute atomic E-state index is 10.8. The molecule has 0 saturated carbocycles. The second-order valence-electron chi connectivity index (χ2n) is 2.57. The van der Waals surface area contributed by atoms with Crippen molar-refractivity contribution in [2.24, 2.45) is 0 Å². The highest BCUT2D eigenvalue weighted by Gasteiger charge is 2.00. The van der Waals surface area contributed by atoms with Crippen molar-refractivity contribution in [1.29, 1.82) is 0 Å². The van der Waals surface area contributed by atoms with E-state index in [1.807, 2.05) is 13.0 Å². The Labute approximate surface area is 79.0 Å². The fourth-order valence-corrected chi connectivity index (χ4v) is 0.538. The Kier molecular flexibility index (Phi) is 6.69. The molecule has 13 heavy (non-hydrogen) atoms. The van der Waals surface area contributed by atoms with E-state index in [1.54, 1.807) is 13.2 Å². The molecule has 0 rings (SSSR count). The summed E-state index contributed by atoms with van der Waals surface area (Å²) in [5.74, 6) is -0.372. The minimum atomic E-state index is -0.372. The lowest BCUT2D eigenvalue weighted by Crippen LogP contribution is -2.09. The first-order valence-electron chi connectivity index (χ1n) is 4.27. The smallest absolute Gasteiger partial charge is 0.333 e. The Hall–Kier alpha value is -1.25. The predicted octanol–water partition coefficient (Wildman–Crippen LogP) is 2.05. The molecule has 0 fully saturated rings. The highest BCUT2D eigenvalue weighted by Crippen LogP contribution is 1.91. The van der Waals surface area contributed by atoms with Crippen molar-refractivity contribution in [3.63, 3.8) is 0 Å². The molecular weight excluding hydrogens is 168 g/mol. The number of hydrogen-bond donors (Lipinski definition) is 0. The standard InChI is InChI=1S/C10H16O3/c1-4-5-6-12-7-8-13-10(11)9(2)3/h5-6H,2,4,7-8H2,1,3H3. The third kappa shape index (κ3) is 7.12. The van der Waals surface area contributed by atoms with Gasteiger partial charge >= 0.3 is 5.97 Å². The van der Waals surface area contributed by atoms with Crippen LogP contribution in [0.5, 0.6) is 0 Å². The van der Waals surface area contributed by atoms with Crippen molar-refractivity contribution < 1.29 is 14.3 Å². The molecule has 0 unspecified atom stereocenters. The van der Waals surface area contributed by atoms with Crippen LogP contribution in [0.3, 0.4) is 0 Å². The largest absolute Gasteiger partial charge is 0.498 e. The molecule has 0 radical (unpaired) electrons. The van der Waals surface area contributed by atoms with E-state index < -0.39 is 0 Å². The van der Waals surface area contributed by atoms with Crippen molar-refractivity contribution in [3.8, 4) is 0 Å². The summed E-state index contributed by atoms with van der Waals surface area (Å²) in [7, 11) is 0. The molecule has 3 heteroatoms. The van der Waals surface area contributed by atoms with Crippen molar-refractivity contribution in [3.05, 3.63) is 24.5 Å². The highest BCUT2D eigenvalue weighted by molar-refractivity contribution is 5.86. The average molecular weight is 184 g/mol. The lowest BCUT2D eigenvalue weighted by atomic mass is 10.4. The number of allylic oxidation sites excluding steroid dienone is 1. The maximum Gasteiger partial charge on any atom is 0.333 e. The first kappa shape index (κ1) is 11.8. The van der Waals surface area contributed by atoms with Crippen LogP contribution >= 0.6 is 0 Å². The average Bonchev–Trinajstić information content (AvgIpc) is 2.10. The van der Waals surface area contributed by atoms with Gasteiger partial charge < -0.3 is 9.47 Å². The minimum Gasteiger partial charge on any atom is -0.498 e. The van der Waals surface area contributed by atoms with Crippen molar-refractivity contribution in [2.75, 3.05) is 13.2 Å². The summed E-state index contributed by atoms with van der Waals surface area (Å²) in [6.45, 7) is 7.73. The molecule has 74 valence electrons. The second-order valence-corrected chi connectivity index (χ2v) is 2.57. The molecule has 0 bridgehead atoms. The number of ether oxygens (including phenoxy) is 2. The van der Waals surface area contributed by atoms with Crippen molar-refractivity contribution in [1.82, 2.24) is 0 Å². The number of hydrogen-bond acceptors (Lipinski definition) is 3. The summed E-state index contributed by atoms with van der Waals surface area (Å²) in [6, 6.07) is 0. The summed E-state index contributed by atoms with van der Waals surface area (Å²) < 4.78 is 9.80. The molecule has 0 spiro atoms. The van der Waals surface area contributed by atoms with Gasteiger partial charge in [0.15, 0.2) is 0 Å². The zero-order valence-corrected chi connectivity index (χ0v) is 8.21. The van der Waals surface area contributed by atoms with E-state index in [2.05, 4.69) is 6.58 Å². The van der Waals surface area contributed by atoms with Crippen LogP contribution in [0.25, 0.3) is 0 Å². The van der Waals surface area contributed by atoms with Gasteiger partial charge in [-0.05, 0) is 13.3 Å². The van der Waals surface area contributed by atoms with Crippen LogP contribution in [-0.4, -0.2) is 19.2 Å². The molecule has 0 aromatic heterocycles. The van der Waals surface area contributed by atoms with Crippen LogP contribution in [0, 0.1) is 0 Å². The summed E-state index contributed by atoms with van der Waals surface area (Å²) in [5, 5.41) is 0. The quantitative estimate of drug-likeness (QED) is 0.274. The fraction of sp³-hybridized carbons (Fsp3) is 0.500. The molecular formula is C10H16O3. The molecule has 0 aliphatic rings. The molecule has 0 aromatic carbocycles.